The summed E-state index contributed by atoms with van der Waals surface area (Å²) in [6.45, 7) is 0. The van der Waals surface area contributed by atoms with Gasteiger partial charge in [-0.1, -0.05) is 30.4 Å². The Labute approximate surface area is 128 Å². The minimum atomic E-state index is -0.275. The Balaban J connectivity index is 2.24. The van der Waals surface area contributed by atoms with Gasteiger partial charge in [0.15, 0.2) is 23.0 Å². The fourth-order valence-electron chi connectivity index (χ4n) is 2.20. The molecule has 0 aliphatic carbocycles. The van der Waals surface area contributed by atoms with Crippen molar-refractivity contribution in [1.29, 1.82) is 0 Å². The van der Waals surface area contributed by atoms with E-state index < -0.39 is 0 Å². The summed E-state index contributed by atoms with van der Waals surface area (Å²) in [7, 11) is 2.92. The highest BCUT2D eigenvalue weighted by Gasteiger charge is 2.11. The summed E-state index contributed by atoms with van der Waals surface area (Å²) in [5, 5.41) is 28.9. The number of para-hydroxylation sites is 1. The van der Waals surface area contributed by atoms with E-state index in [4.69, 9.17) is 9.47 Å². The molecule has 0 amide bonds. The van der Waals surface area contributed by atoms with E-state index in [1.165, 1.54) is 20.3 Å². The highest BCUT2D eigenvalue weighted by molar-refractivity contribution is 5.62. The maximum atomic E-state index is 9.76. The molecule has 0 spiro atoms. The number of benzene rings is 2. The first-order valence-electron chi connectivity index (χ1n) is 6.68. The number of hydrogen-bond donors (Lipinski definition) is 3. The standard InChI is InChI=1S/C17H18O5/c1-21-16-11(7-4-8-14(16)19)5-3-6-12-9-10-13(18)15(20)17(12)22-2/h3-5,7-10,18-20H,6H2,1-2H3/b5-3+. The normalized spacial score (nSPS) is 10.8. The number of hydrogen-bond acceptors (Lipinski definition) is 5. The molecular weight excluding hydrogens is 284 g/mol. The molecule has 5 nitrogen and oxygen atoms in total. The van der Waals surface area contributed by atoms with Crippen LogP contribution in [0.2, 0.25) is 0 Å². The van der Waals surface area contributed by atoms with Crippen LogP contribution in [0, 0.1) is 0 Å². The van der Waals surface area contributed by atoms with Crippen LogP contribution in [0.1, 0.15) is 11.1 Å². The van der Waals surface area contributed by atoms with Crippen LogP contribution in [0.25, 0.3) is 6.08 Å². The molecule has 0 bridgehead atoms. The first-order valence-corrected chi connectivity index (χ1v) is 6.68. The summed E-state index contributed by atoms with van der Waals surface area (Å²) in [6.07, 6.45) is 4.14. The third-order valence-corrected chi connectivity index (χ3v) is 3.26. The highest BCUT2D eigenvalue weighted by Crippen LogP contribution is 2.38. The van der Waals surface area contributed by atoms with Crippen LogP contribution in [0.5, 0.6) is 28.7 Å². The molecule has 22 heavy (non-hydrogen) atoms. The Morgan fingerprint density at radius 1 is 0.909 bits per heavy atom. The van der Waals surface area contributed by atoms with Gasteiger partial charge in [-0.25, -0.2) is 0 Å². The Hall–Kier alpha value is -2.82. The van der Waals surface area contributed by atoms with Crippen LogP contribution < -0.4 is 9.47 Å². The summed E-state index contributed by atoms with van der Waals surface area (Å²) < 4.78 is 10.3. The van der Waals surface area contributed by atoms with Gasteiger partial charge >= 0.3 is 0 Å². The predicted octanol–water partition coefficient (Wildman–Crippen LogP) is 3.08. The van der Waals surface area contributed by atoms with Gasteiger partial charge in [-0.05, 0) is 18.6 Å². The third kappa shape index (κ3) is 3.09. The smallest absolute Gasteiger partial charge is 0.200 e. The van der Waals surface area contributed by atoms with Gasteiger partial charge in [-0.15, -0.1) is 0 Å². The van der Waals surface area contributed by atoms with E-state index in [1.54, 1.807) is 18.2 Å². The van der Waals surface area contributed by atoms with E-state index in [9.17, 15) is 15.3 Å². The Kier molecular flexibility index (Phi) is 4.78. The van der Waals surface area contributed by atoms with Crippen molar-refractivity contribution < 1.29 is 24.8 Å². The van der Waals surface area contributed by atoms with Gasteiger partial charge in [0.2, 0.25) is 5.75 Å². The lowest BCUT2D eigenvalue weighted by Crippen LogP contribution is -1.92. The largest absolute Gasteiger partial charge is 0.504 e. The number of aromatic hydroxyl groups is 3. The van der Waals surface area contributed by atoms with Crippen molar-refractivity contribution in [2.75, 3.05) is 14.2 Å². The summed E-state index contributed by atoms with van der Waals surface area (Å²) in [5.74, 6) is 0.221. The minimum absolute atomic E-state index is 0.0736. The number of allylic oxidation sites excluding steroid dienone is 1. The Morgan fingerprint density at radius 2 is 1.64 bits per heavy atom. The van der Waals surface area contributed by atoms with Gasteiger partial charge in [-0.2, -0.15) is 0 Å². The lowest BCUT2D eigenvalue weighted by molar-refractivity contribution is 0.348. The van der Waals surface area contributed by atoms with Gasteiger partial charge < -0.3 is 24.8 Å². The average Bonchev–Trinajstić information content (AvgIpc) is 2.51. The fourth-order valence-corrected chi connectivity index (χ4v) is 2.20. The Morgan fingerprint density at radius 3 is 2.32 bits per heavy atom. The van der Waals surface area contributed by atoms with Gasteiger partial charge in [0.25, 0.3) is 0 Å². The monoisotopic (exact) mass is 302 g/mol. The molecule has 0 atom stereocenters. The predicted molar refractivity (Wildman–Crippen MR) is 83.7 cm³/mol. The van der Waals surface area contributed by atoms with Crippen molar-refractivity contribution in [2.24, 2.45) is 0 Å². The first kappa shape index (κ1) is 15.6. The molecule has 0 heterocycles. The molecule has 116 valence electrons. The van der Waals surface area contributed by atoms with Crippen molar-refractivity contribution in [3.63, 3.8) is 0 Å². The average molecular weight is 302 g/mol. The quantitative estimate of drug-likeness (QED) is 0.740. The lowest BCUT2D eigenvalue weighted by atomic mass is 10.1. The summed E-state index contributed by atoms with van der Waals surface area (Å²) in [4.78, 5) is 0. The van der Waals surface area contributed by atoms with Crippen LogP contribution in [0.15, 0.2) is 36.4 Å². The summed E-state index contributed by atoms with van der Waals surface area (Å²) >= 11 is 0. The Bertz CT molecular complexity index is 692. The zero-order valence-corrected chi connectivity index (χ0v) is 12.4. The van der Waals surface area contributed by atoms with Crippen molar-refractivity contribution in [3.8, 4) is 28.7 Å². The number of phenolic OH excluding ortho intramolecular Hbond substituents is 3. The second kappa shape index (κ2) is 6.76. The molecule has 0 saturated carbocycles. The lowest BCUT2D eigenvalue weighted by Gasteiger charge is -2.10. The SMILES string of the molecule is COc1c(O)cccc1/C=C/Cc1ccc(O)c(O)c1OC. The van der Waals surface area contributed by atoms with Crippen LogP contribution in [0.3, 0.4) is 0 Å². The maximum absolute atomic E-state index is 9.76. The fraction of sp³-hybridized carbons (Fsp3) is 0.176. The van der Waals surface area contributed by atoms with Crippen molar-refractivity contribution in [3.05, 3.63) is 47.5 Å². The van der Waals surface area contributed by atoms with E-state index in [-0.39, 0.29) is 23.0 Å². The molecule has 2 rings (SSSR count). The molecular formula is C17H18O5. The van der Waals surface area contributed by atoms with Gasteiger partial charge in [0, 0.05) is 11.1 Å². The van der Waals surface area contributed by atoms with E-state index in [0.717, 1.165) is 11.1 Å². The molecule has 0 fully saturated rings. The van der Waals surface area contributed by atoms with Crippen LogP contribution >= 0.6 is 0 Å². The summed E-state index contributed by atoms with van der Waals surface area (Å²) in [5.41, 5.74) is 1.47. The van der Waals surface area contributed by atoms with Crippen LogP contribution in [-0.4, -0.2) is 29.5 Å². The van der Waals surface area contributed by atoms with Gasteiger partial charge in [0.05, 0.1) is 14.2 Å². The number of ether oxygens (including phenoxy) is 2. The second-order valence-electron chi connectivity index (χ2n) is 4.63. The van der Waals surface area contributed by atoms with E-state index in [1.807, 2.05) is 18.2 Å². The molecule has 5 heteroatoms. The van der Waals surface area contributed by atoms with Crippen molar-refractivity contribution in [1.82, 2.24) is 0 Å². The van der Waals surface area contributed by atoms with Gasteiger partial charge in [-0.3, -0.25) is 0 Å². The molecule has 2 aromatic carbocycles. The molecule has 0 aliphatic heterocycles. The molecule has 0 aromatic heterocycles. The topological polar surface area (TPSA) is 79.2 Å². The molecule has 0 unspecified atom stereocenters. The van der Waals surface area contributed by atoms with Gasteiger partial charge in [0.1, 0.15) is 0 Å². The minimum Gasteiger partial charge on any atom is -0.504 e. The molecule has 0 aliphatic rings. The van der Waals surface area contributed by atoms with Crippen LogP contribution in [0.4, 0.5) is 0 Å². The van der Waals surface area contributed by atoms with Crippen molar-refractivity contribution in [2.45, 2.75) is 6.42 Å². The van der Waals surface area contributed by atoms with E-state index in [2.05, 4.69) is 0 Å². The number of phenols is 3. The first-order chi connectivity index (χ1) is 10.6. The molecule has 3 N–H and O–H groups in total. The number of methoxy groups -OCH3 is 2. The molecule has 0 radical (unpaired) electrons. The molecule has 2 aromatic rings. The maximum Gasteiger partial charge on any atom is 0.200 e. The second-order valence-corrected chi connectivity index (χ2v) is 4.63. The number of rotatable bonds is 5. The van der Waals surface area contributed by atoms with Crippen LogP contribution in [-0.2, 0) is 6.42 Å². The van der Waals surface area contributed by atoms with E-state index >= 15 is 0 Å². The highest BCUT2D eigenvalue weighted by atomic mass is 16.5. The van der Waals surface area contributed by atoms with E-state index in [0.29, 0.717) is 12.2 Å². The van der Waals surface area contributed by atoms with Crippen molar-refractivity contribution >= 4 is 6.08 Å². The third-order valence-electron chi connectivity index (χ3n) is 3.26. The summed E-state index contributed by atoms with van der Waals surface area (Å²) in [6, 6.07) is 8.19. The zero-order chi connectivity index (χ0) is 16.1. The zero-order valence-electron chi connectivity index (χ0n) is 12.4. The molecule has 0 saturated heterocycles.